The molecule has 3 atom stereocenters. The zero-order valence-electron chi connectivity index (χ0n) is 13.0. The average Bonchev–Trinajstić information content (AvgIpc) is 2.96. The first-order chi connectivity index (χ1) is 10.5. The summed E-state index contributed by atoms with van der Waals surface area (Å²) >= 11 is 6.29. The number of aliphatic hydroxyl groups is 1. The molecule has 2 aliphatic rings. The van der Waals surface area contributed by atoms with E-state index in [9.17, 15) is 5.11 Å². The Kier molecular flexibility index (Phi) is 4.43. The molecule has 0 amide bonds. The lowest BCUT2D eigenvalue weighted by molar-refractivity contribution is -0.108. The smallest absolute Gasteiger partial charge is 0.318 e. The Morgan fingerprint density at radius 3 is 3.09 bits per heavy atom. The molecule has 0 spiro atoms. The topological polar surface area (TPSA) is 67.7 Å². The summed E-state index contributed by atoms with van der Waals surface area (Å²) in [4.78, 5) is 10.6. The van der Waals surface area contributed by atoms with Gasteiger partial charge in [-0.1, -0.05) is 11.6 Å². The van der Waals surface area contributed by atoms with E-state index in [-0.39, 0.29) is 12.0 Å². The Morgan fingerprint density at radius 2 is 2.36 bits per heavy atom. The number of ether oxygens (including phenoxy) is 2. The van der Waals surface area contributed by atoms with Gasteiger partial charge in [0.2, 0.25) is 0 Å². The Morgan fingerprint density at radius 1 is 1.55 bits per heavy atom. The minimum Gasteiger partial charge on any atom is -0.467 e. The third-order valence-corrected chi connectivity index (χ3v) is 5.04. The molecule has 0 unspecified atom stereocenters. The summed E-state index contributed by atoms with van der Waals surface area (Å²) in [5.74, 6) is 0.721. The van der Waals surface area contributed by atoms with E-state index < -0.39 is 5.60 Å². The van der Waals surface area contributed by atoms with E-state index in [0.29, 0.717) is 36.5 Å². The zero-order chi connectivity index (χ0) is 15.7. The minimum atomic E-state index is -0.727. The first-order valence-corrected chi connectivity index (χ1v) is 8.04. The van der Waals surface area contributed by atoms with Crippen LogP contribution in [0.4, 0.5) is 5.82 Å². The highest BCUT2D eigenvalue weighted by atomic mass is 35.5. The molecule has 0 aromatic carbocycles. The lowest BCUT2D eigenvalue weighted by Gasteiger charge is -2.43. The van der Waals surface area contributed by atoms with Gasteiger partial charge in [0.1, 0.15) is 5.02 Å². The van der Waals surface area contributed by atoms with Gasteiger partial charge in [0.15, 0.2) is 5.82 Å². The van der Waals surface area contributed by atoms with Crippen LogP contribution >= 0.6 is 11.6 Å². The standard InChI is InChI=1S/C15H22ClN3O3/c1-15(20)5-7-22-9-10(15)12-4-3-6-19(12)13-11(16)8-17-14(18-13)21-2/h8,10,12,20H,3-7,9H2,1-2H3/t10-,12+,15-/m0/s1. The molecular weight excluding hydrogens is 306 g/mol. The van der Waals surface area contributed by atoms with Gasteiger partial charge < -0.3 is 19.5 Å². The molecule has 22 heavy (non-hydrogen) atoms. The molecule has 0 radical (unpaired) electrons. The third-order valence-electron chi connectivity index (χ3n) is 4.77. The number of aromatic nitrogens is 2. The molecular formula is C15H22ClN3O3. The van der Waals surface area contributed by atoms with E-state index in [4.69, 9.17) is 21.1 Å². The fourth-order valence-corrected chi connectivity index (χ4v) is 3.70. The van der Waals surface area contributed by atoms with E-state index in [1.807, 2.05) is 6.92 Å². The van der Waals surface area contributed by atoms with Crippen LogP contribution in [0.25, 0.3) is 0 Å². The second kappa shape index (κ2) is 6.18. The molecule has 1 N–H and O–H groups in total. The van der Waals surface area contributed by atoms with E-state index in [1.54, 1.807) is 6.20 Å². The summed E-state index contributed by atoms with van der Waals surface area (Å²) in [6.45, 7) is 3.93. The van der Waals surface area contributed by atoms with Gasteiger partial charge in [-0.15, -0.1) is 0 Å². The van der Waals surface area contributed by atoms with Gasteiger partial charge in [0.25, 0.3) is 0 Å². The molecule has 3 heterocycles. The van der Waals surface area contributed by atoms with Crippen LogP contribution in [0.1, 0.15) is 26.2 Å². The van der Waals surface area contributed by atoms with Gasteiger partial charge in [-0.05, 0) is 26.2 Å². The minimum absolute atomic E-state index is 0.0424. The van der Waals surface area contributed by atoms with Crippen LogP contribution in [-0.2, 0) is 4.74 Å². The van der Waals surface area contributed by atoms with Crippen LogP contribution in [0.15, 0.2) is 6.20 Å². The quantitative estimate of drug-likeness (QED) is 0.914. The highest BCUT2D eigenvalue weighted by Crippen LogP contribution is 2.39. The summed E-state index contributed by atoms with van der Waals surface area (Å²) in [7, 11) is 1.54. The van der Waals surface area contributed by atoms with Crippen molar-refractivity contribution in [2.75, 3.05) is 31.8 Å². The third kappa shape index (κ3) is 2.87. The summed E-state index contributed by atoms with van der Waals surface area (Å²) in [6, 6.07) is 0.462. The van der Waals surface area contributed by atoms with Crippen molar-refractivity contribution in [3.05, 3.63) is 11.2 Å². The molecule has 6 nitrogen and oxygen atoms in total. The second-order valence-electron chi connectivity index (χ2n) is 6.22. The number of halogens is 1. The predicted molar refractivity (Wildman–Crippen MR) is 83.5 cm³/mol. The number of anilines is 1. The first kappa shape index (κ1) is 15.8. The number of nitrogens with zero attached hydrogens (tertiary/aromatic N) is 3. The molecule has 2 saturated heterocycles. The Labute approximate surface area is 135 Å². The van der Waals surface area contributed by atoms with E-state index in [0.717, 1.165) is 19.4 Å². The monoisotopic (exact) mass is 327 g/mol. The molecule has 122 valence electrons. The van der Waals surface area contributed by atoms with Crippen molar-refractivity contribution in [2.24, 2.45) is 5.92 Å². The van der Waals surface area contributed by atoms with Crippen molar-refractivity contribution >= 4 is 17.4 Å². The van der Waals surface area contributed by atoms with Gasteiger partial charge in [-0.3, -0.25) is 0 Å². The highest BCUT2D eigenvalue weighted by molar-refractivity contribution is 6.32. The lowest BCUT2D eigenvalue weighted by Crippen LogP contribution is -2.52. The van der Waals surface area contributed by atoms with E-state index in [1.165, 1.54) is 7.11 Å². The molecule has 0 saturated carbocycles. The molecule has 0 bridgehead atoms. The largest absolute Gasteiger partial charge is 0.467 e. The van der Waals surface area contributed by atoms with Gasteiger partial charge in [-0.2, -0.15) is 4.98 Å². The molecule has 1 aromatic rings. The predicted octanol–water partition coefficient (Wildman–Crippen LogP) is 1.89. The number of methoxy groups -OCH3 is 1. The number of hydrogen-bond donors (Lipinski definition) is 1. The fraction of sp³-hybridized carbons (Fsp3) is 0.733. The maximum Gasteiger partial charge on any atom is 0.318 e. The van der Waals surface area contributed by atoms with Crippen molar-refractivity contribution in [3.63, 3.8) is 0 Å². The van der Waals surface area contributed by atoms with Crippen LogP contribution in [0.5, 0.6) is 6.01 Å². The molecule has 3 rings (SSSR count). The lowest BCUT2D eigenvalue weighted by atomic mass is 9.79. The highest BCUT2D eigenvalue weighted by Gasteiger charge is 2.44. The maximum atomic E-state index is 10.7. The Hall–Kier alpha value is -1.11. The number of rotatable bonds is 3. The summed E-state index contributed by atoms with van der Waals surface area (Å²) in [5.41, 5.74) is -0.727. The SMILES string of the molecule is COc1ncc(Cl)c(N2CCC[C@@H]2[C@@H]2COCC[C@]2(C)O)n1. The molecule has 0 aliphatic carbocycles. The van der Waals surface area contributed by atoms with Gasteiger partial charge in [0.05, 0.1) is 25.5 Å². The first-order valence-electron chi connectivity index (χ1n) is 7.66. The molecule has 1 aromatic heterocycles. The van der Waals surface area contributed by atoms with Crippen LogP contribution in [-0.4, -0.2) is 53.6 Å². The average molecular weight is 328 g/mol. The Balaban J connectivity index is 1.90. The van der Waals surface area contributed by atoms with Crippen molar-refractivity contribution in [2.45, 2.75) is 37.8 Å². The Bertz CT molecular complexity index is 541. The summed E-state index contributed by atoms with van der Waals surface area (Å²) < 4.78 is 10.7. The zero-order valence-corrected chi connectivity index (χ0v) is 13.7. The summed E-state index contributed by atoms with van der Waals surface area (Å²) in [6.07, 6.45) is 4.25. The van der Waals surface area contributed by atoms with Crippen LogP contribution in [0.3, 0.4) is 0 Å². The van der Waals surface area contributed by atoms with Crippen LogP contribution in [0, 0.1) is 5.92 Å². The van der Waals surface area contributed by atoms with Crippen LogP contribution < -0.4 is 9.64 Å². The van der Waals surface area contributed by atoms with Crippen molar-refractivity contribution in [1.82, 2.24) is 9.97 Å². The second-order valence-corrected chi connectivity index (χ2v) is 6.63. The summed E-state index contributed by atoms with van der Waals surface area (Å²) in [5, 5.41) is 11.2. The number of hydrogen-bond acceptors (Lipinski definition) is 6. The molecule has 2 fully saturated rings. The fourth-order valence-electron chi connectivity index (χ4n) is 3.50. The van der Waals surface area contributed by atoms with E-state index in [2.05, 4.69) is 14.9 Å². The molecule has 7 heteroatoms. The van der Waals surface area contributed by atoms with Crippen LogP contribution in [0.2, 0.25) is 5.02 Å². The van der Waals surface area contributed by atoms with Crippen molar-refractivity contribution in [1.29, 1.82) is 0 Å². The van der Waals surface area contributed by atoms with Crippen molar-refractivity contribution < 1.29 is 14.6 Å². The maximum absolute atomic E-state index is 10.7. The van der Waals surface area contributed by atoms with Gasteiger partial charge >= 0.3 is 6.01 Å². The van der Waals surface area contributed by atoms with Gasteiger partial charge in [0, 0.05) is 25.1 Å². The van der Waals surface area contributed by atoms with Gasteiger partial charge in [-0.25, -0.2) is 4.98 Å². The normalized spacial score (nSPS) is 32.3. The molecule has 2 aliphatic heterocycles. The van der Waals surface area contributed by atoms with Crippen molar-refractivity contribution in [3.8, 4) is 6.01 Å². The van der Waals surface area contributed by atoms with E-state index >= 15 is 0 Å².